The van der Waals surface area contributed by atoms with E-state index in [0.29, 0.717) is 28.6 Å². The number of benzene rings is 2. The van der Waals surface area contributed by atoms with E-state index in [-0.39, 0.29) is 6.61 Å². The van der Waals surface area contributed by atoms with Gasteiger partial charge in [-0.3, -0.25) is 0 Å². The van der Waals surface area contributed by atoms with E-state index in [2.05, 4.69) is 0 Å². The Hall–Kier alpha value is -2.44. The van der Waals surface area contributed by atoms with Crippen LogP contribution in [-0.2, 0) is 0 Å². The highest BCUT2D eigenvalue weighted by atomic mass is 16.5. The molecule has 2 aromatic carbocycles. The van der Waals surface area contributed by atoms with Crippen molar-refractivity contribution in [2.24, 2.45) is 0 Å². The molecule has 0 amide bonds. The maximum Gasteiger partial charge on any atom is 0.163 e. The fourth-order valence-corrected chi connectivity index (χ4v) is 2.65. The Labute approximate surface area is 147 Å². The van der Waals surface area contributed by atoms with Gasteiger partial charge >= 0.3 is 0 Å². The van der Waals surface area contributed by atoms with E-state index in [1.54, 1.807) is 37.4 Å². The van der Waals surface area contributed by atoms with Crippen LogP contribution in [0.1, 0.15) is 17.2 Å². The molecule has 2 atom stereocenters. The minimum Gasteiger partial charge on any atom is -0.493 e. The molecule has 25 heavy (non-hydrogen) atoms. The van der Waals surface area contributed by atoms with Gasteiger partial charge in [-0.15, -0.1) is 0 Å². The molecule has 136 valence electrons. The lowest BCUT2D eigenvalue weighted by Gasteiger charge is -2.24. The summed E-state index contributed by atoms with van der Waals surface area (Å²) in [5, 5.41) is 20.4. The number of para-hydroxylation sites is 2. The van der Waals surface area contributed by atoms with Crippen LogP contribution in [0.4, 0.5) is 0 Å². The van der Waals surface area contributed by atoms with Crippen molar-refractivity contribution >= 4 is 0 Å². The van der Waals surface area contributed by atoms with Crippen molar-refractivity contribution in [3.63, 3.8) is 0 Å². The number of aryl methyl sites for hydroxylation is 1. The second-order valence-corrected chi connectivity index (χ2v) is 5.51. The number of ether oxygens (including phenoxy) is 4. The molecule has 0 aliphatic rings. The molecule has 0 aromatic heterocycles. The Kier molecular flexibility index (Phi) is 6.50. The summed E-state index contributed by atoms with van der Waals surface area (Å²) in [5.74, 6) is 2.08. The Morgan fingerprint density at radius 1 is 0.920 bits per heavy atom. The molecule has 6 heteroatoms. The van der Waals surface area contributed by atoms with Crippen LogP contribution in [0.15, 0.2) is 36.4 Å². The monoisotopic (exact) mass is 348 g/mol. The van der Waals surface area contributed by atoms with Gasteiger partial charge in [0.15, 0.2) is 29.1 Å². The molecule has 0 aliphatic heterocycles. The zero-order valence-corrected chi connectivity index (χ0v) is 14.9. The summed E-state index contributed by atoms with van der Waals surface area (Å²) in [7, 11) is 4.62. The first kappa shape index (κ1) is 18.9. The van der Waals surface area contributed by atoms with Crippen molar-refractivity contribution in [1.82, 2.24) is 0 Å². The summed E-state index contributed by atoms with van der Waals surface area (Å²) in [6.07, 6.45) is -1.93. The molecule has 0 radical (unpaired) electrons. The summed E-state index contributed by atoms with van der Waals surface area (Å²) >= 11 is 0. The molecule has 0 bridgehead atoms. The van der Waals surface area contributed by atoms with Crippen molar-refractivity contribution in [2.45, 2.75) is 19.1 Å². The van der Waals surface area contributed by atoms with Crippen LogP contribution in [0.3, 0.4) is 0 Å². The maximum absolute atomic E-state index is 10.7. The Morgan fingerprint density at radius 2 is 1.56 bits per heavy atom. The van der Waals surface area contributed by atoms with Crippen molar-refractivity contribution in [3.05, 3.63) is 47.5 Å². The quantitative estimate of drug-likeness (QED) is 0.763. The Morgan fingerprint density at radius 3 is 2.12 bits per heavy atom. The van der Waals surface area contributed by atoms with Gasteiger partial charge in [0.05, 0.1) is 27.9 Å². The van der Waals surface area contributed by atoms with Crippen LogP contribution in [0, 0.1) is 6.92 Å². The normalized spacial score (nSPS) is 13.0. The Balaban J connectivity index is 2.30. The number of aliphatic hydroxyl groups excluding tert-OH is 2. The average Bonchev–Trinajstić information content (AvgIpc) is 2.64. The number of methoxy groups -OCH3 is 3. The lowest BCUT2D eigenvalue weighted by atomic mass is 10.0. The molecule has 2 rings (SSSR count). The summed E-state index contributed by atoms with van der Waals surface area (Å²) in [5.41, 5.74) is 1.37. The van der Waals surface area contributed by atoms with Crippen LogP contribution in [0.25, 0.3) is 0 Å². The van der Waals surface area contributed by atoms with Crippen LogP contribution >= 0.6 is 0 Å². The fraction of sp³-hybridized carbons (Fsp3) is 0.368. The van der Waals surface area contributed by atoms with E-state index >= 15 is 0 Å². The molecule has 2 N–H and O–H groups in total. The number of hydrogen-bond acceptors (Lipinski definition) is 6. The van der Waals surface area contributed by atoms with E-state index in [1.165, 1.54) is 14.2 Å². The summed E-state index contributed by atoms with van der Waals surface area (Å²) < 4.78 is 21.6. The van der Waals surface area contributed by atoms with Gasteiger partial charge < -0.3 is 29.2 Å². The van der Waals surface area contributed by atoms with Gasteiger partial charge in [0.2, 0.25) is 0 Å². The van der Waals surface area contributed by atoms with Crippen molar-refractivity contribution < 1.29 is 29.2 Å². The highest BCUT2D eigenvalue weighted by Crippen LogP contribution is 2.36. The molecular formula is C19H24O6. The Bertz CT molecular complexity index is 700. The standard InChI is InChI=1S/C19H24O6/c1-12-9-13(10-16(23-3)19(12)24-4)18(21)17(11-20)25-15-8-6-5-7-14(15)22-2/h5-10,17-18,20-21H,11H2,1-4H3. The predicted molar refractivity (Wildman–Crippen MR) is 93.7 cm³/mol. The first-order valence-corrected chi connectivity index (χ1v) is 7.86. The van der Waals surface area contributed by atoms with E-state index < -0.39 is 12.2 Å². The lowest BCUT2D eigenvalue weighted by molar-refractivity contribution is -0.000543. The molecule has 0 saturated heterocycles. The first-order valence-electron chi connectivity index (χ1n) is 7.86. The minimum atomic E-state index is -1.06. The summed E-state index contributed by atoms with van der Waals surface area (Å²) in [6.45, 7) is 1.49. The van der Waals surface area contributed by atoms with Crippen molar-refractivity contribution in [3.8, 4) is 23.0 Å². The van der Waals surface area contributed by atoms with Crippen LogP contribution in [0.2, 0.25) is 0 Å². The number of hydrogen-bond donors (Lipinski definition) is 2. The van der Waals surface area contributed by atoms with Gasteiger partial charge in [-0.2, -0.15) is 0 Å². The molecule has 2 aromatic rings. The second kappa shape index (κ2) is 8.60. The zero-order chi connectivity index (χ0) is 18.4. The predicted octanol–water partition coefficient (Wildman–Crippen LogP) is 2.49. The average molecular weight is 348 g/mol. The number of rotatable bonds is 8. The zero-order valence-electron chi connectivity index (χ0n) is 14.9. The highest BCUT2D eigenvalue weighted by Gasteiger charge is 2.25. The van der Waals surface area contributed by atoms with Crippen molar-refractivity contribution in [1.29, 1.82) is 0 Å². The van der Waals surface area contributed by atoms with Gasteiger partial charge in [-0.25, -0.2) is 0 Å². The minimum absolute atomic E-state index is 0.368. The van der Waals surface area contributed by atoms with E-state index in [0.717, 1.165) is 5.56 Å². The van der Waals surface area contributed by atoms with Gasteiger partial charge in [0.25, 0.3) is 0 Å². The summed E-state index contributed by atoms with van der Waals surface area (Å²) in [4.78, 5) is 0. The molecule has 0 aliphatic carbocycles. The molecule has 0 fully saturated rings. The smallest absolute Gasteiger partial charge is 0.163 e. The molecule has 0 saturated carbocycles. The van der Waals surface area contributed by atoms with Crippen LogP contribution in [0.5, 0.6) is 23.0 Å². The third kappa shape index (κ3) is 4.15. The van der Waals surface area contributed by atoms with Crippen LogP contribution < -0.4 is 18.9 Å². The van der Waals surface area contributed by atoms with Crippen LogP contribution in [-0.4, -0.2) is 44.3 Å². The molecule has 0 heterocycles. The fourth-order valence-electron chi connectivity index (χ4n) is 2.65. The SMILES string of the molecule is COc1ccccc1OC(CO)C(O)c1cc(C)c(OC)c(OC)c1. The third-order valence-electron chi connectivity index (χ3n) is 3.91. The van der Waals surface area contributed by atoms with E-state index in [9.17, 15) is 10.2 Å². The van der Waals surface area contributed by atoms with E-state index in [1.807, 2.05) is 13.0 Å². The number of aliphatic hydroxyl groups is 2. The van der Waals surface area contributed by atoms with Gasteiger partial charge in [-0.1, -0.05) is 12.1 Å². The lowest BCUT2D eigenvalue weighted by Crippen LogP contribution is -2.29. The first-order chi connectivity index (χ1) is 12.0. The topological polar surface area (TPSA) is 77.4 Å². The van der Waals surface area contributed by atoms with Gasteiger partial charge in [0, 0.05) is 0 Å². The molecule has 2 unspecified atom stereocenters. The second-order valence-electron chi connectivity index (χ2n) is 5.51. The highest BCUT2D eigenvalue weighted by molar-refractivity contribution is 5.49. The molecule has 6 nitrogen and oxygen atoms in total. The molecule has 0 spiro atoms. The third-order valence-corrected chi connectivity index (χ3v) is 3.91. The maximum atomic E-state index is 10.7. The van der Waals surface area contributed by atoms with Crippen molar-refractivity contribution in [2.75, 3.05) is 27.9 Å². The van der Waals surface area contributed by atoms with Gasteiger partial charge in [0.1, 0.15) is 6.10 Å². The molecular weight excluding hydrogens is 324 g/mol. The van der Waals surface area contributed by atoms with E-state index in [4.69, 9.17) is 18.9 Å². The van der Waals surface area contributed by atoms with Gasteiger partial charge in [-0.05, 0) is 42.3 Å². The summed E-state index contributed by atoms with van der Waals surface area (Å²) in [6, 6.07) is 10.5. The largest absolute Gasteiger partial charge is 0.493 e.